The molecule has 3 aliphatic heterocycles. The van der Waals surface area contributed by atoms with E-state index in [0.29, 0.717) is 31.9 Å². The van der Waals surface area contributed by atoms with Crippen LogP contribution < -0.4 is 10.1 Å². The number of rotatable bonds is 12. The lowest BCUT2D eigenvalue weighted by Crippen LogP contribution is -2.76. The molecule has 3 heterocycles. The summed E-state index contributed by atoms with van der Waals surface area (Å²) in [4.78, 5) is 47.4. The number of hydrogen-bond donors (Lipinski definition) is 2. The van der Waals surface area contributed by atoms with Gasteiger partial charge in [-0.2, -0.15) is 0 Å². The van der Waals surface area contributed by atoms with Crippen molar-refractivity contribution in [3.8, 4) is 11.5 Å². The zero-order valence-electron chi connectivity index (χ0n) is 28.0. The number of carbonyl (C=O) groups excluding carboxylic acids is 3. The smallest absolute Gasteiger partial charge is 0.334 e. The van der Waals surface area contributed by atoms with E-state index in [4.69, 9.17) is 9.47 Å². The zero-order valence-corrected chi connectivity index (χ0v) is 28.0. The molecule has 6 rings (SSSR count). The van der Waals surface area contributed by atoms with Crippen molar-refractivity contribution in [2.45, 2.75) is 31.7 Å². The number of piperazine rings is 1. The van der Waals surface area contributed by atoms with Gasteiger partial charge in [0.25, 0.3) is 0 Å². The number of nitrogens with one attached hydrogen (secondary N) is 1. The summed E-state index contributed by atoms with van der Waals surface area (Å²) in [7, 11) is 0. The second kappa shape index (κ2) is 16.2. The second-order valence-electron chi connectivity index (χ2n) is 12.6. The molecule has 3 saturated heterocycles. The first kappa shape index (κ1) is 34.9. The van der Waals surface area contributed by atoms with Gasteiger partial charge in [-0.05, 0) is 41.0 Å². The number of fused-ring (bicyclic) bond motifs is 1. The van der Waals surface area contributed by atoms with Gasteiger partial charge in [0.15, 0.2) is 11.6 Å². The molecule has 0 aromatic heterocycles. The van der Waals surface area contributed by atoms with Crippen molar-refractivity contribution >= 4 is 17.8 Å². The summed E-state index contributed by atoms with van der Waals surface area (Å²) in [6, 6.07) is 19.2. The maximum Gasteiger partial charge on any atom is 0.334 e. The van der Waals surface area contributed by atoms with E-state index in [-0.39, 0.29) is 62.5 Å². The molecule has 0 aliphatic carbocycles. The van der Waals surface area contributed by atoms with E-state index in [1.165, 1.54) is 28.1 Å². The van der Waals surface area contributed by atoms with Crippen LogP contribution in [0.2, 0.25) is 0 Å². The molecule has 2 unspecified atom stereocenters. The van der Waals surface area contributed by atoms with Gasteiger partial charge in [0.2, 0.25) is 11.8 Å². The fraction of sp³-hybridized carbons (Fsp3) is 0.378. The molecular weight excluding hydrogens is 643 g/mol. The topological polar surface area (TPSA) is 118 Å². The number of morpholine rings is 1. The van der Waals surface area contributed by atoms with Gasteiger partial charge in [-0.3, -0.25) is 14.5 Å². The van der Waals surface area contributed by atoms with Crippen molar-refractivity contribution in [1.82, 2.24) is 30.0 Å². The lowest BCUT2D eigenvalue weighted by Gasteiger charge is -2.55. The summed E-state index contributed by atoms with van der Waals surface area (Å²) >= 11 is 0. The summed E-state index contributed by atoms with van der Waals surface area (Å²) < 4.78 is 26.1. The predicted molar refractivity (Wildman–Crippen MR) is 183 cm³/mol. The molecule has 0 radical (unpaired) electrons. The first-order valence-electron chi connectivity index (χ1n) is 16.9. The SMILES string of the molecule is C=CCN1CC(=O)N2C(Cc3ccc(O)cc3)C(=O)N(Cc3ccc(F)c(OCCN4CCOCC4)c3)CC2N1C(=O)NCc1ccccc1. The highest BCUT2D eigenvalue weighted by Crippen LogP contribution is 2.30. The molecule has 12 nitrogen and oxygen atoms in total. The Balaban J connectivity index is 1.27. The Morgan fingerprint density at radius 2 is 1.76 bits per heavy atom. The van der Waals surface area contributed by atoms with Gasteiger partial charge in [-0.15, -0.1) is 6.58 Å². The number of aromatic hydroxyl groups is 1. The number of amides is 4. The van der Waals surface area contributed by atoms with Gasteiger partial charge >= 0.3 is 6.03 Å². The number of carbonyl (C=O) groups is 3. The summed E-state index contributed by atoms with van der Waals surface area (Å²) in [6.45, 7) is 8.15. The minimum atomic E-state index is -0.939. The third-order valence-corrected chi connectivity index (χ3v) is 9.17. The summed E-state index contributed by atoms with van der Waals surface area (Å²) in [5.41, 5.74) is 2.29. The van der Waals surface area contributed by atoms with Crippen LogP contribution in [0.5, 0.6) is 11.5 Å². The number of hydrazine groups is 1. The van der Waals surface area contributed by atoms with E-state index in [2.05, 4.69) is 16.8 Å². The molecule has 0 saturated carbocycles. The number of hydrogen-bond acceptors (Lipinski definition) is 8. The van der Waals surface area contributed by atoms with Crippen molar-refractivity contribution in [3.63, 3.8) is 0 Å². The molecule has 3 aromatic carbocycles. The molecule has 2 N–H and O–H groups in total. The Labute approximate surface area is 291 Å². The monoisotopic (exact) mass is 686 g/mol. The third kappa shape index (κ3) is 8.24. The number of ether oxygens (including phenoxy) is 2. The number of nitrogens with zero attached hydrogens (tertiary/aromatic N) is 5. The van der Waals surface area contributed by atoms with Crippen LogP contribution in [0, 0.1) is 5.82 Å². The average Bonchev–Trinajstić information content (AvgIpc) is 3.12. The lowest BCUT2D eigenvalue weighted by atomic mass is 9.98. The van der Waals surface area contributed by atoms with E-state index in [0.717, 1.165) is 24.2 Å². The fourth-order valence-corrected chi connectivity index (χ4v) is 6.64. The quantitative estimate of drug-likeness (QED) is 0.280. The average molecular weight is 687 g/mol. The number of phenols is 1. The van der Waals surface area contributed by atoms with Gasteiger partial charge in [0.05, 0.1) is 26.3 Å². The Morgan fingerprint density at radius 3 is 2.50 bits per heavy atom. The first-order valence-corrected chi connectivity index (χ1v) is 16.9. The van der Waals surface area contributed by atoms with Crippen LogP contribution in [0.1, 0.15) is 16.7 Å². The number of phenolic OH excluding ortho intramolecular Hbond substituents is 1. The Bertz CT molecular complexity index is 1650. The maximum absolute atomic E-state index is 14.9. The van der Waals surface area contributed by atoms with Crippen LogP contribution >= 0.6 is 0 Å². The number of urea groups is 1. The lowest BCUT2D eigenvalue weighted by molar-refractivity contribution is -0.189. The van der Waals surface area contributed by atoms with Crippen molar-refractivity contribution < 1.29 is 33.4 Å². The van der Waals surface area contributed by atoms with Crippen molar-refractivity contribution in [2.75, 3.05) is 59.1 Å². The van der Waals surface area contributed by atoms with Crippen LogP contribution in [0.15, 0.2) is 85.5 Å². The van der Waals surface area contributed by atoms with E-state index >= 15 is 0 Å². The molecule has 50 heavy (non-hydrogen) atoms. The zero-order chi connectivity index (χ0) is 35.0. The second-order valence-corrected chi connectivity index (χ2v) is 12.6. The standard InChI is InChI=1S/C37H43FN6O6/c1-2-14-42-26-35(46)43-32(21-27-8-11-30(45)12-9-27)36(47)41(25-34(43)44(42)37(48)39-23-28-6-4-3-5-7-28)24-29-10-13-31(38)33(22-29)50-20-17-40-15-18-49-19-16-40/h2-13,22,32,34,45H,1,14-21,23-26H2,(H,39,48). The summed E-state index contributed by atoms with van der Waals surface area (Å²) in [5, 5.41) is 16.0. The van der Waals surface area contributed by atoms with Gasteiger partial charge < -0.3 is 29.7 Å². The normalized spacial score (nSPS) is 20.1. The number of halogens is 1. The minimum Gasteiger partial charge on any atom is -0.508 e. The fourth-order valence-electron chi connectivity index (χ4n) is 6.64. The van der Waals surface area contributed by atoms with E-state index in [9.17, 15) is 23.9 Å². The van der Waals surface area contributed by atoms with E-state index in [1.54, 1.807) is 40.3 Å². The van der Waals surface area contributed by atoms with Crippen LogP contribution in [-0.4, -0.2) is 119 Å². The highest BCUT2D eigenvalue weighted by Gasteiger charge is 2.51. The van der Waals surface area contributed by atoms with Crippen LogP contribution in [0.3, 0.4) is 0 Å². The highest BCUT2D eigenvalue weighted by atomic mass is 19.1. The van der Waals surface area contributed by atoms with Crippen molar-refractivity contribution in [1.29, 1.82) is 0 Å². The Kier molecular flexibility index (Phi) is 11.3. The molecule has 0 bridgehead atoms. The first-order chi connectivity index (χ1) is 24.3. The molecule has 13 heteroatoms. The maximum atomic E-state index is 14.9. The molecule has 264 valence electrons. The molecule has 4 amide bonds. The van der Waals surface area contributed by atoms with E-state index < -0.39 is 24.1 Å². The molecule has 3 aliphatic rings. The highest BCUT2D eigenvalue weighted by molar-refractivity contribution is 5.91. The van der Waals surface area contributed by atoms with Gasteiger partial charge in [-0.1, -0.05) is 54.6 Å². The van der Waals surface area contributed by atoms with Gasteiger partial charge in [-0.25, -0.2) is 19.2 Å². The predicted octanol–water partition coefficient (Wildman–Crippen LogP) is 2.98. The molecule has 3 aromatic rings. The Hall–Kier alpha value is -4.98. The molecular formula is C37H43FN6O6. The summed E-state index contributed by atoms with van der Waals surface area (Å²) in [6.07, 6.45) is 0.952. The van der Waals surface area contributed by atoms with Gasteiger partial charge in [0.1, 0.15) is 24.6 Å². The van der Waals surface area contributed by atoms with Crippen LogP contribution in [0.4, 0.5) is 9.18 Å². The largest absolute Gasteiger partial charge is 0.508 e. The molecule has 3 fully saturated rings. The molecule has 2 atom stereocenters. The Morgan fingerprint density at radius 1 is 1.02 bits per heavy atom. The van der Waals surface area contributed by atoms with Gasteiger partial charge in [0, 0.05) is 45.7 Å². The minimum absolute atomic E-state index is 0.0215. The van der Waals surface area contributed by atoms with Crippen LogP contribution in [-0.2, 0) is 33.8 Å². The molecule has 0 spiro atoms. The number of benzene rings is 3. The van der Waals surface area contributed by atoms with Crippen LogP contribution in [0.25, 0.3) is 0 Å². The van der Waals surface area contributed by atoms with Crippen molar-refractivity contribution in [2.24, 2.45) is 0 Å². The van der Waals surface area contributed by atoms with E-state index in [1.807, 2.05) is 30.3 Å². The summed E-state index contributed by atoms with van der Waals surface area (Å²) in [5.74, 6) is -0.925. The van der Waals surface area contributed by atoms with Crippen molar-refractivity contribution in [3.05, 3.63) is 108 Å². The third-order valence-electron chi connectivity index (χ3n) is 9.17.